The second kappa shape index (κ2) is 5.71. The van der Waals surface area contributed by atoms with E-state index < -0.39 is 10.0 Å². The standard InChI is InChI=1S/C14H21NO4S/c1-10-7-11(2)14(8-13(10)19-4)20(16,17)15-6-5-12(9-15)18-3/h7-8,12H,5-6,9H2,1-4H3/t12-/m1/s1. The Hall–Kier alpha value is -1.11. The highest BCUT2D eigenvalue weighted by Gasteiger charge is 2.33. The van der Waals surface area contributed by atoms with E-state index in [1.165, 1.54) is 4.31 Å². The predicted octanol–water partition coefficient (Wildman–Crippen LogP) is 1.72. The van der Waals surface area contributed by atoms with Gasteiger partial charge < -0.3 is 9.47 Å². The van der Waals surface area contributed by atoms with Crippen molar-refractivity contribution < 1.29 is 17.9 Å². The smallest absolute Gasteiger partial charge is 0.243 e. The van der Waals surface area contributed by atoms with Crippen LogP contribution in [0, 0.1) is 13.8 Å². The fourth-order valence-corrected chi connectivity index (χ4v) is 4.27. The highest BCUT2D eigenvalue weighted by molar-refractivity contribution is 7.89. The third-order valence-electron chi connectivity index (χ3n) is 3.75. The Morgan fingerprint density at radius 1 is 1.20 bits per heavy atom. The Morgan fingerprint density at radius 2 is 1.90 bits per heavy atom. The van der Waals surface area contributed by atoms with Gasteiger partial charge in [-0.3, -0.25) is 0 Å². The fourth-order valence-electron chi connectivity index (χ4n) is 2.56. The van der Waals surface area contributed by atoms with Crippen LogP contribution in [0.25, 0.3) is 0 Å². The second-order valence-corrected chi connectivity index (χ2v) is 7.00. The SMILES string of the molecule is COc1cc(S(=O)(=O)N2CC[C@@H](OC)C2)c(C)cc1C. The Balaban J connectivity index is 2.40. The molecule has 0 spiro atoms. The Labute approximate surface area is 120 Å². The van der Waals surface area contributed by atoms with E-state index in [0.29, 0.717) is 23.7 Å². The second-order valence-electron chi connectivity index (χ2n) is 5.10. The van der Waals surface area contributed by atoms with Gasteiger partial charge in [-0.2, -0.15) is 4.31 Å². The van der Waals surface area contributed by atoms with Crippen LogP contribution in [0.3, 0.4) is 0 Å². The summed E-state index contributed by atoms with van der Waals surface area (Å²) in [5, 5.41) is 0. The molecule has 5 nitrogen and oxygen atoms in total. The number of nitrogens with zero attached hydrogens (tertiary/aromatic N) is 1. The summed E-state index contributed by atoms with van der Waals surface area (Å²) in [7, 11) is -0.330. The van der Waals surface area contributed by atoms with E-state index in [0.717, 1.165) is 17.5 Å². The summed E-state index contributed by atoms with van der Waals surface area (Å²) in [5.41, 5.74) is 1.67. The maximum absolute atomic E-state index is 12.7. The summed E-state index contributed by atoms with van der Waals surface area (Å²) < 4.78 is 37.4. The Kier molecular flexibility index (Phi) is 4.36. The zero-order chi connectivity index (χ0) is 14.9. The average Bonchev–Trinajstić information content (AvgIpc) is 2.88. The zero-order valence-corrected chi connectivity index (χ0v) is 13.2. The maximum Gasteiger partial charge on any atom is 0.243 e. The van der Waals surface area contributed by atoms with Crippen LogP contribution in [-0.4, -0.2) is 46.1 Å². The highest BCUT2D eigenvalue weighted by atomic mass is 32.2. The zero-order valence-electron chi connectivity index (χ0n) is 12.3. The molecule has 1 aliphatic heterocycles. The van der Waals surface area contributed by atoms with Crippen LogP contribution >= 0.6 is 0 Å². The van der Waals surface area contributed by atoms with E-state index in [9.17, 15) is 8.42 Å². The number of hydrogen-bond donors (Lipinski definition) is 0. The molecule has 1 fully saturated rings. The third kappa shape index (κ3) is 2.68. The molecule has 0 saturated carbocycles. The van der Waals surface area contributed by atoms with E-state index in [4.69, 9.17) is 9.47 Å². The van der Waals surface area contributed by atoms with Gasteiger partial charge in [-0.1, -0.05) is 6.07 Å². The minimum Gasteiger partial charge on any atom is -0.496 e. The maximum atomic E-state index is 12.7. The van der Waals surface area contributed by atoms with Gasteiger partial charge >= 0.3 is 0 Å². The van der Waals surface area contributed by atoms with Crippen LogP contribution in [0.2, 0.25) is 0 Å². The molecule has 1 aromatic rings. The van der Waals surface area contributed by atoms with E-state index in [1.54, 1.807) is 20.3 Å². The first-order valence-corrected chi connectivity index (χ1v) is 8.02. The Bertz CT molecular complexity index is 597. The van der Waals surface area contributed by atoms with Crippen molar-refractivity contribution in [3.8, 4) is 5.75 Å². The molecule has 0 unspecified atom stereocenters. The van der Waals surface area contributed by atoms with Crippen LogP contribution in [0.4, 0.5) is 0 Å². The number of rotatable bonds is 4. The van der Waals surface area contributed by atoms with Crippen molar-refractivity contribution in [3.05, 3.63) is 23.3 Å². The number of ether oxygens (including phenoxy) is 2. The minimum atomic E-state index is -3.49. The molecule has 0 aromatic heterocycles. The van der Waals surface area contributed by atoms with Crippen LogP contribution in [0.15, 0.2) is 17.0 Å². The van der Waals surface area contributed by atoms with Crippen LogP contribution < -0.4 is 4.74 Å². The number of aryl methyl sites for hydroxylation is 2. The van der Waals surface area contributed by atoms with Gasteiger partial charge in [0.05, 0.1) is 18.1 Å². The molecule has 1 aromatic carbocycles. The van der Waals surface area contributed by atoms with E-state index >= 15 is 0 Å². The molecule has 6 heteroatoms. The molecule has 112 valence electrons. The van der Waals surface area contributed by atoms with Crippen LogP contribution in [-0.2, 0) is 14.8 Å². The van der Waals surface area contributed by atoms with Gasteiger partial charge in [0.1, 0.15) is 5.75 Å². The normalized spacial score (nSPS) is 20.3. The fraction of sp³-hybridized carbons (Fsp3) is 0.571. The predicted molar refractivity (Wildman–Crippen MR) is 76.6 cm³/mol. The van der Waals surface area contributed by atoms with Crippen molar-refractivity contribution in [2.45, 2.75) is 31.3 Å². The monoisotopic (exact) mass is 299 g/mol. The third-order valence-corrected chi connectivity index (χ3v) is 5.76. The molecule has 0 bridgehead atoms. The summed E-state index contributed by atoms with van der Waals surface area (Å²) in [4.78, 5) is 0.316. The van der Waals surface area contributed by atoms with E-state index in [-0.39, 0.29) is 6.10 Å². The van der Waals surface area contributed by atoms with Gasteiger partial charge in [-0.05, 0) is 31.4 Å². The number of benzene rings is 1. The van der Waals surface area contributed by atoms with E-state index in [1.807, 2.05) is 19.9 Å². The molecule has 1 aliphatic rings. The average molecular weight is 299 g/mol. The van der Waals surface area contributed by atoms with Crippen molar-refractivity contribution in [1.29, 1.82) is 0 Å². The van der Waals surface area contributed by atoms with Crippen LogP contribution in [0.1, 0.15) is 17.5 Å². The number of hydrogen-bond acceptors (Lipinski definition) is 4. The largest absolute Gasteiger partial charge is 0.496 e. The molecule has 1 atom stereocenters. The lowest BCUT2D eigenvalue weighted by atomic mass is 10.1. The van der Waals surface area contributed by atoms with Gasteiger partial charge in [0.15, 0.2) is 0 Å². The van der Waals surface area contributed by atoms with Gasteiger partial charge in [0, 0.05) is 26.3 Å². The molecule has 1 saturated heterocycles. The Morgan fingerprint density at radius 3 is 2.45 bits per heavy atom. The van der Waals surface area contributed by atoms with E-state index in [2.05, 4.69) is 0 Å². The molecule has 1 heterocycles. The number of methoxy groups -OCH3 is 2. The molecule has 0 amide bonds. The molecular formula is C14H21NO4S. The lowest BCUT2D eigenvalue weighted by Crippen LogP contribution is -2.30. The van der Waals surface area contributed by atoms with Crippen molar-refractivity contribution >= 4 is 10.0 Å². The summed E-state index contributed by atoms with van der Waals surface area (Å²) in [6, 6.07) is 3.45. The van der Waals surface area contributed by atoms with Crippen molar-refractivity contribution in [2.24, 2.45) is 0 Å². The molecule has 20 heavy (non-hydrogen) atoms. The van der Waals surface area contributed by atoms with Gasteiger partial charge in [0.25, 0.3) is 0 Å². The summed E-state index contributed by atoms with van der Waals surface area (Å²) in [6.45, 7) is 4.62. The number of sulfonamides is 1. The first-order valence-electron chi connectivity index (χ1n) is 6.58. The van der Waals surface area contributed by atoms with Crippen LogP contribution in [0.5, 0.6) is 5.75 Å². The topological polar surface area (TPSA) is 55.8 Å². The molecular weight excluding hydrogens is 278 g/mol. The first kappa shape index (κ1) is 15.3. The summed E-state index contributed by atoms with van der Waals surface area (Å²) in [5.74, 6) is 0.594. The van der Waals surface area contributed by atoms with Crippen molar-refractivity contribution in [1.82, 2.24) is 4.31 Å². The lowest BCUT2D eigenvalue weighted by molar-refractivity contribution is 0.115. The first-order chi connectivity index (χ1) is 9.40. The summed E-state index contributed by atoms with van der Waals surface area (Å²) >= 11 is 0. The van der Waals surface area contributed by atoms with Crippen molar-refractivity contribution in [3.63, 3.8) is 0 Å². The molecule has 0 aliphatic carbocycles. The van der Waals surface area contributed by atoms with Gasteiger partial charge in [-0.15, -0.1) is 0 Å². The highest BCUT2D eigenvalue weighted by Crippen LogP contribution is 2.29. The lowest BCUT2D eigenvalue weighted by Gasteiger charge is -2.19. The molecule has 0 N–H and O–H groups in total. The quantitative estimate of drug-likeness (QED) is 0.849. The van der Waals surface area contributed by atoms with Gasteiger partial charge in [0.2, 0.25) is 10.0 Å². The minimum absolute atomic E-state index is 0.0163. The molecule has 0 radical (unpaired) electrons. The summed E-state index contributed by atoms with van der Waals surface area (Å²) in [6.07, 6.45) is 0.718. The van der Waals surface area contributed by atoms with Gasteiger partial charge in [-0.25, -0.2) is 8.42 Å². The van der Waals surface area contributed by atoms with Crippen molar-refractivity contribution in [2.75, 3.05) is 27.3 Å². The molecule has 2 rings (SSSR count).